The molecule has 0 saturated carbocycles. The van der Waals surface area contributed by atoms with Gasteiger partial charge in [0.05, 0.1) is 0 Å². The van der Waals surface area contributed by atoms with Crippen LogP contribution < -0.4 is 0 Å². The minimum atomic E-state index is -0.641. The molecular weight excluding hydrogens is 268 g/mol. The first-order valence-corrected chi connectivity index (χ1v) is 7.44. The first-order chi connectivity index (χ1) is 9.81. The SMILES string of the molecule is CCCCOC(Cc1cccc(O)c1)C(=O)OC(C)(C)C. The summed E-state index contributed by atoms with van der Waals surface area (Å²) < 4.78 is 11.1. The summed E-state index contributed by atoms with van der Waals surface area (Å²) in [5.74, 6) is -0.175. The van der Waals surface area contributed by atoms with E-state index < -0.39 is 11.7 Å². The molecule has 0 aliphatic rings. The van der Waals surface area contributed by atoms with E-state index in [1.807, 2.05) is 26.8 Å². The van der Waals surface area contributed by atoms with Gasteiger partial charge in [-0.15, -0.1) is 0 Å². The summed E-state index contributed by atoms with van der Waals surface area (Å²) in [7, 11) is 0. The molecular formula is C17H26O4. The number of unbranched alkanes of at least 4 members (excludes halogenated alkanes) is 1. The van der Waals surface area contributed by atoms with Crippen molar-refractivity contribution in [2.75, 3.05) is 6.61 Å². The van der Waals surface area contributed by atoms with Crippen molar-refractivity contribution in [2.24, 2.45) is 0 Å². The van der Waals surface area contributed by atoms with Crippen LogP contribution in [0.1, 0.15) is 46.1 Å². The summed E-state index contributed by atoms with van der Waals surface area (Å²) in [4.78, 5) is 12.2. The number of rotatable bonds is 7. The zero-order valence-electron chi connectivity index (χ0n) is 13.4. The summed E-state index contributed by atoms with van der Waals surface area (Å²) in [6.07, 6.45) is 1.66. The van der Waals surface area contributed by atoms with Crippen LogP contribution in [0.3, 0.4) is 0 Å². The number of phenolic OH excluding ortho intramolecular Hbond substituents is 1. The van der Waals surface area contributed by atoms with Gasteiger partial charge in [0, 0.05) is 13.0 Å². The lowest BCUT2D eigenvalue weighted by molar-refractivity contribution is -0.168. The molecule has 1 atom stereocenters. The highest BCUT2D eigenvalue weighted by atomic mass is 16.6. The molecule has 0 heterocycles. The molecule has 0 aliphatic heterocycles. The van der Waals surface area contributed by atoms with Crippen LogP contribution in [0.25, 0.3) is 0 Å². The van der Waals surface area contributed by atoms with Crippen LogP contribution in [0.2, 0.25) is 0 Å². The molecule has 0 fully saturated rings. The van der Waals surface area contributed by atoms with Crippen LogP contribution in [0.4, 0.5) is 0 Å². The Bertz CT molecular complexity index is 448. The van der Waals surface area contributed by atoms with Crippen LogP contribution >= 0.6 is 0 Å². The molecule has 0 bridgehead atoms. The average molecular weight is 294 g/mol. The zero-order chi connectivity index (χ0) is 15.9. The van der Waals surface area contributed by atoms with Crippen LogP contribution in [0.15, 0.2) is 24.3 Å². The van der Waals surface area contributed by atoms with Gasteiger partial charge in [-0.3, -0.25) is 0 Å². The van der Waals surface area contributed by atoms with Crippen molar-refractivity contribution in [1.82, 2.24) is 0 Å². The topological polar surface area (TPSA) is 55.8 Å². The highest BCUT2D eigenvalue weighted by Crippen LogP contribution is 2.17. The fourth-order valence-corrected chi connectivity index (χ4v) is 1.85. The first kappa shape index (κ1) is 17.5. The number of phenols is 1. The van der Waals surface area contributed by atoms with Crippen molar-refractivity contribution in [3.8, 4) is 5.75 Å². The fourth-order valence-electron chi connectivity index (χ4n) is 1.85. The number of carbonyl (C=O) groups is 1. The molecule has 4 heteroatoms. The predicted molar refractivity (Wildman–Crippen MR) is 82.3 cm³/mol. The summed E-state index contributed by atoms with van der Waals surface area (Å²) >= 11 is 0. The summed E-state index contributed by atoms with van der Waals surface area (Å²) in [6.45, 7) is 8.10. The summed E-state index contributed by atoms with van der Waals surface area (Å²) in [5.41, 5.74) is 0.310. The Balaban J connectivity index is 2.74. The van der Waals surface area contributed by atoms with Gasteiger partial charge in [-0.1, -0.05) is 25.5 Å². The van der Waals surface area contributed by atoms with Crippen LogP contribution in [-0.2, 0) is 20.7 Å². The van der Waals surface area contributed by atoms with Crippen molar-refractivity contribution >= 4 is 5.97 Å². The zero-order valence-corrected chi connectivity index (χ0v) is 13.4. The number of esters is 1. The van der Waals surface area contributed by atoms with E-state index in [0.717, 1.165) is 18.4 Å². The molecule has 0 radical (unpaired) electrons. The maximum atomic E-state index is 12.2. The molecule has 1 aromatic rings. The second-order valence-electron chi connectivity index (χ2n) is 6.12. The van der Waals surface area contributed by atoms with Gasteiger partial charge in [0.15, 0.2) is 6.10 Å². The molecule has 4 nitrogen and oxygen atoms in total. The number of hydrogen-bond acceptors (Lipinski definition) is 4. The molecule has 0 spiro atoms. The molecule has 118 valence electrons. The molecule has 1 N–H and O–H groups in total. The fraction of sp³-hybridized carbons (Fsp3) is 0.588. The quantitative estimate of drug-likeness (QED) is 0.618. The van der Waals surface area contributed by atoms with Gasteiger partial charge in [0.1, 0.15) is 11.4 Å². The standard InChI is InChI=1S/C17H26O4/c1-5-6-10-20-15(16(19)21-17(2,3)4)12-13-8-7-9-14(18)11-13/h7-9,11,15,18H,5-6,10,12H2,1-4H3. The maximum Gasteiger partial charge on any atom is 0.336 e. The average Bonchev–Trinajstić information content (AvgIpc) is 2.36. The highest BCUT2D eigenvalue weighted by Gasteiger charge is 2.26. The van der Waals surface area contributed by atoms with Crippen molar-refractivity contribution in [2.45, 2.75) is 58.7 Å². The van der Waals surface area contributed by atoms with E-state index in [0.29, 0.717) is 13.0 Å². The lowest BCUT2D eigenvalue weighted by Gasteiger charge is -2.24. The minimum absolute atomic E-state index is 0.184. The van der Waals surface area contributed by atoms with Crippen molar-refractivity contribution in [1.29, 1.82) is 0 Å². The molecule has 1 rings (SSSR count). The molecule has 21 heavy (non-hydrogen) atoms. The number of carbonyl (C=O) groups excluding carboxylic acids is 1. The van der Waals surface area contributed by atoms with E-state index in [4.69, 9.17) is 9.47 Å². The van der Waals surface area contributed by atoms with Gasteiger partial charge >= 0.3 is 5.97 Å². The Hall–Kier alpha value is -1.55. The normalized spacial score (nSPS) is 13.0. The van der Waals surface area contributed by atoms with Gasteiger partial charge in [-0.05, 0) is 44.9 Å². The van der Waals surface area contributed by atoms with Gasteiger partial charge in [0.2, 0.25) is 0 Å². The third-order valence-electron chi connectivity index (χ3n) is 2.82. The van der Waals surface area contributed by atoms with Gasteiger partial charge in [0.25, 0.3) is 0 Å². The number of hydrogen-bond donors (Lipinski definition) is 1. The first-order valence-electron chi connectivity index (χ1n) is 7.44. The van der Waals surface area contributed by atoms with Gasteiger partial charge in [-0.2, -0.15) is 0 Å². The van der Waals surface area contributed by atoms with E-state index in [1.165, 1.54) is 0 Å². The lowest BCUT2D eigenvalue weighted by atomic mass is 10.1. The Kier molecular flexibility index (Phi) is 6.69. The molecule has 0 aromatic heterocycles. The monoisotopic (exact) mass is 294 g/mol. The van der Waals surface area contributed by atoms with Crippen LogP contribution in [0.5, 0.6) is 5.75 Å². The van der Waals surface area contributed by atoms with E-state index in [-0.39, 0.29) is 11.7 Å². The number of aromatic hydroxyl groups is 1. The smallest absolute Gasteiger partial charge is 0.336 e. The molecule has 1 aromatic carbocycles. The number of benzene rings is 1. The Labute approximate surface area is 127 Å². The molecule has 0 saturated heterocycles. The van der Waals surface area contributed by atoms with Gasteiger partial charge in [-0.25, -0.2) is 4.79 Å². The van der Waals surface area contributed by atoms with Gasteiger partial charge < -0.3 is 14.6 Å². The largest absolute Gasteiger partial charge is 0.508 e. The van der Waals surface area contributed by atoms with E-state index in [9.17, 15) is 9.90 Å². The Morgan fingerprint density at radius 2 is 2.05 bits per heavy atom. The van der Waals surface area contributed by atoms with Crippen LogP contribution in [0, 0.1) is 0 Å². The lowest BCUT2D eigenvalue weighted by Crippen LogP contribution is -2.35. The van der Waals surface area contributed by atoms with E-state index >= 15 is 0 Å². The second kappa shape index (κ2) is 8.03. The molecule has 1 unspecified atom stereocenters. The summed E-state index contributed by atoms with van der Waals surface area (Å²) in [6, 6.07) is 6.85. The second-order valence-corrected chi connectivity index (χ2v) is 6.12. The Morgan fingerprint density at radius 3 is 2.62 bits per heavy atom. The molecule has 0 aliphatic carbocycles. The van der Waals surface area contributed by atoms with Crippen molar-refractivity contribution in [3.05, 3.63) is 29.8 Å². The van der Waals surface area contributed by atoms with E-state index in [1.54, 1.807) is 18.2 Å². The van der Waals surface area contributed by atoms with Crippen LogP contribution in [-0.4, -0.2) is 29.4 Å². The van der Waals surface area contributed by atoms with Crippen molar-refractivity contribution in [3.63, 3.8) is 0 Å². The van der Waals surface area contributed by atoms with E-state index in [2.05, 4.69) is 6.92 Å². The third kappa shape index (κ3) is 7.14. The summed E-state index contributed by atoms with van der Waals surface area (Å²) in [5, 5.41) is 9.51. The van der Waals surface area contributed by atoms with Crippen molar-refractivity contribution < 1.29 is 19.4 Å². The maximum absolute atomic E-state index is 12.2. The predicted octanol–water partition coefficient (Wildman–Crippen LogP) is 3.46. The third-order valence-corrected chi connectivity index (χ3v) is 2.82. The number of ether oxygens (including phenoxy) is 2. The molecule has 0 amide bonds. The minimum Gasteiger partial charge on any atom is -0.508 e. The Morgan fingerprint density at radius 1 is 1.33 bits per heavy atom. The highest BCUT2D eigenvalue weighted by molar-refractivity contribution is 5.75.